The zero-order valence-corrected chi connectivity index (χ0v) is 8.21. The topological polar surface area (TPSA) is 38.4 Å². The lowest BCUT2D eigenvalue weighted by atomic mass is 9.86. The van der Waals surface area contributed by atoms with Crippen LogP contribution < -0.4 is 5.73 Å². The van der Waals surface area contributed by atoms with Crippen molar-refractivity contribution in [3.8, 4) is 0 Å². The van der Waals surface area contributed by atoms with Gasteiger partial charge < -0.3 is 5.73 Å². The zero-order valence-electron chi connectivity index (χ0n) is 8.21. The van der Waals surface area contributed by atoms with E-state index in [9.17, 15) is 0 Å². The van der Waals surface area contributed by atoms with E-state index >= 15 is 0 Å². The molecule has 1 fully saturated rings. The van der Waals surface area contributed by atoms with Crippen LogP contribution in [0.2, 0.25) is 0 Å². The molecule has 1 aliphatic rings. The molecular formula is C10H20N2. The SMILES string of the molecule is CCC(N)=NC1CCCCC1C. The normalized spacial score (nSPS) is 32.0. The summed E-state index contributed by atoms with van der Waals surface area (Å²) in [4.78, 5) is 4.53. The third kappa shape index (κ3) is 2.50. The number of rotatable bonds is 2. The number of nitrogens with two attached hydrogens (primary N) is 1. The van der Waals surface area contributed by atoms with Gasteiger partial charge in [-0.25, -0.2) is 0 Å². The fourth-order valence-electron chi connectivity index (χ4n) is 1.79. The molecule has 0 aromatic heterocycles. The Balaban J connectivity index is 2.48. The molecule has 0 bridgehead atoms. The van der Waals surface area contributed by atoms with E-state index in [1.54, 1.807) is 0 Å². The minimum atomic E-state index is 0.513. The zero-order chi connectivity index (χ0) is 8.97. The molecular weight excluding hydrogens is 148 g/mol. The van der Waals surface area contributed by atoms with Crippen LogP contribution in [-0.4, -0.2) is 11.9 Å². The fourth-order valence-corrected chi connectivity index (χ4v) is 1.79. The lowest BCUT2D eigenvalue weighted by molar-refractivity contribution is 0.332. The van der Waals surface area contributed by atoms with E-state index in [0.29, 0.717) is 6.04 Å². The van der Waals surface area contributed by atoms with Crippen LogP contribution in [0.5, 0.6) is 0 Å². The lowest BCUT2D eigenvalue weighted by Gasteiger charge is -2.25. The molecule has 0 amide bonds. The van der Waals surface area contributed by atoms with Gasteiger partial charge in [-0.1, -0.05) is 26.7 Å². The van der Waals surface area contributed by atoms with E-state index in [4.69, 9.17) is 5.73 Å². The van der Waals surface area contributed by atoms with E-state index in [1.807, 2.05) is 0 Å². The van der Waals surface area contributed by atoms with Crippen molar-refractivity contribution in [2.24, 2.45) is 16.6 Å². The molecule has 1 saturated carbocycles. The molecule has 2 heteroatoms. The molecule has 2 unspecified atom stereocenters. The Morgan fingerprint density at radius 2 is 2.08 bits per heavy atom. The Morgan fingerprint density at radius 1 is 1.42 bits per heavy atom. The largest absolute Gasteiger partial charge is 0.387 e. The first kappa shape index (κ1) is 9.56. The Morgan fingerprint density at radius 3 is 2.67 bits per heavy atom. The second-order valence-electron chi connectivity index (χ2n) is 3.80. The van der Waals surface area contributed by atoms with Crippen molar-refractivity contribution in [1.29, 1.82) is 0 Å². The van der Waals surface area contributed by atoms with E-state index in [-0.39, 0.29) is 0 Å². The van der Waals surface area contributed by atoms with Crippen molar-refractivity contribution in [1.82, 2.24) is 0 Å². The van der Waals surface area contributed by atoms with E-state index in [2.05, 4.69) is 18.8 Å². The predicted molar refractivity (Wildman–Crippen MR) is 53.3 cm³/mol. The van der Waals surface area contributed by atoms with Crippen LogP contribution in [-0.2, 0) is 0 Å². The molecule has 2 N–H and O–H groups in total. The molecule has 0 aromatic rings. The molecule has 12 heavy (non-hydrogen) atoms. The summed E-state index contributed by atoms with van der Waals surface area (Å²) in [6.45, 7) is 4.35. The van der Waals surface area contributed by atoms with Gasteiger partial charge in [-0.05, 0) is 18.8 Å². The minimum absolute atomic E-state index is 0.513. The number of nitrogens with zero attached hydrogens (tertiary/aromatic N) is 1. The maximum atomic E-state index is 5.72. The second kappa shape index (κ2) is 4.48. The third-order valence-electron chi connectivity index (χ3n) is 2.76. The van der Waals surface area contributed by atoms with Crippen molar-refractivity contribution >= 4 is 5.84 Å². The summed E-state index contributed by atoms with van der Waals surface area (Å²) in [6, 6.07) is 0.513. The minimum Gasteiger partial charge on any atom is -0.387 e. The Kier molecular flexibility index (Phi) is 3.57. The van der Waals surface area contributed by atoms with Crippen LogP contribution in [0, 0.1) is 5.92 Å². The smallest absolute Gasteiger partial charge is 0.0937 e. The van der Waals surface area contributed by atoms with Crippen molar-refractivity contribution in [2.45, 2.75) is 52.0 Å². The number of amidine groups is 1. The highest BCUT2D eigenvalue weighted by Crippen LogP contribution is 2.26. The predicted octanol–water partition coefficient (Wildman–Crippen LogP) is 2.33. The maximum Gasteiger partial charge on any atom is 0.0937 e. The van der Waals surface area contributed by atoms with Crippen molar-refractivity contribution < 1.29 is 0 Å². The summed E-state index contributed by atoms with van der Waals surface area (Å²) >= 11 is 0. The van der Waals surface area contributed by atoms with Crippen LogP contribution in [0.1, 0.15) is 46.0 Å². The monoisotopic (exact) mass is 168 g/mol. The summed E-state index contributed by atoms with van der Waals surface area (Å²) in [5.41, 5.74) is 5.72. The Hall–Kier alpha value is -0.530. The fraction of sp³-hybridized carbons (Fsp3) is 0.900. The average molecular weight is 168 g/mol. The summed E-state index contributed by atoms with van der Waals surface area (Å²) in [7, 11) is 0. The van der Waals surface area contributed by atoms with Gasteiger partial charge in [0.05, 0.1) is 11.9 Å². The average Bonchev–Trinajstić information content (AvgIpc) is 2.09. The molecule has 0 saturated heterocycles. The van der Waals surface area contributed by atoms with E-state index < -0.39 is 0 Å². The highest BCUT2D eigenvalue weighted by atomic mass is 14.9. The summed E-state index contributed by atoms with van der Waals surface area (Å²) in [5.74, 6) is 1.57. The van der Waals surface area contributed by atoms with Gasteiger partial charge in [-0.3, -0.25) is 4.99 Å². The van der Waals surface area contributed by atoms with Crippen LogP contribution in [0.15, 0.2) is 4.99 Å². The Bertz CT molecular complexity index is 163. The number of aliphatic imine (C=N–C) groups is 1. The molecule has 1 rings (SSSR count). The van der Waals surface area contributed by atoms with Gasteiger partial charge in [-0.15, -0.1) is 0 Å². The first-order valence-electron chi connectivity index (χ1n) is 5.06. The quantitative estimate of drug-likeness (QED) is 0.499. The highest BCUT2D eigenvalue weighted by Gasteiger charge is 2.20. The highest BCUT2D eigenvalue weighted by molar-refractivity contribution is 5.80. The molecule has 0 aromatic carbocycles. The summed E-state index contributed by atoms with van der Waals surface area (Å²) in [5, 5.41) is 0. The third-order valence-corrected chi connectivity index (χ3v) is 2.76. The van der Waals surface area contributed by atoms with Crippen molar-refractivity contribution in [3.05, 3.63) is 0 Å². The van der Waals surface area contributed by atoms with Gasteiger partial charge in [0.2, 0.25) is 0 Å². The lowest BCUT2D eigenvalue weighted by Crippen LogP contribution is -2.24. The number of hydrogen-bond donors (Lipinski definition) is 1. The first-order valence-corrected chi connectivity index (χ1v) is 5.06. The van der Waals surface area contributed by atoms with Gasteiger partial charge in [0.1, 0.15) is 0 Å². The molecule has 2 atom stereocenters. The van der Waals surface area contributed by atoms with Crippen LogP contribution in [0.25, 0.3) is 0 Å². The Labute approximate surface area is 75.3 Å². The van der Waals surface area contributed by atoms with Crippen LogP contribution in [0.3, 0.4) is 0 Å². The van der Waals surface area contributed by atoms with E-state index in [1.165, 1.54) is 25.7 Å². The van der Waals surface area contributed by atoms with Crippen LogP contribution in [0.4, 0.5) is 0 Å². The molecule has 70 valence electrons. The number of hydrogen-bond acceptors (Lipinski definition) is 1. The molecule has 0 radical (unpaired) electrons. The van der Waals surface area contributed by atoms with Gasteiger partial charge in [0.15, 0.2) is 0 Å². The van der Waals surface area contributed by atoms with Crippen LogP contribution >= 0.6 is 0 Å². The standard InChI is InChI=1S/C10H20N2/c1-3-10(11)12-9-7-5-4-6-8(9)2/h8-9H,3-7H2,1-2H3,(H2,11,12). The van der Waals surface area contributed by atoms with Gasteiger partial charge >= 0.3 is 0 Å². The second-order valence-corrected chi connectivity index (χ2v) is 3.80. The summed E-state index contributed by atoms with van der Waals surface area (Å²) in [6.07, 6.45) is 6.16. The molecule has 0 aliphatic heterocycles. The first-order chi connectivity index (χ1) is 5.74. The maximum absolute atomic E-state index is 5.72. The van der Waals surface area contributed by atoms with Gasteiger partial charge in [0.25, 0.3) is 0 Å². The van der Waals surface area contributed by atoms with Gasteiger partial charge in [0, 0.05) is 6.42 Å². The van der Waals surface area contributed by atoms with E-state index in [0.717, 1.165) is 18.2 Å². The molecule has 1 aliphatic carbocycles. The van der Waals surface area contributed by atoms with Gasteiger partial charge in [-0.2, -0.15) is 0 Å². The molecule has 2 nitrogen and oxygen atoms in total. The van der Waals surface area contributed by atoms with Crippen molar-refractivity contribution in [3.63, 3.8) is 0 Å². The molecule has 0 spiro atoms. The molecule has 0 heterocycles. The van der Waals surface area contributed by atoms with Crippen molar-refractivity contribution in [2.75, 3.05) is 0 Å². The summed E-state index contributed by atoms with van der Waals surface area (Å²) < 4.78 is 0.